The molecule has 8 nitrogen and oxygen atoms in total. The normalized spacial score (nSPS) is 14.5. The van der Waals surface area contributed by atoms with Gasteiger partial charge in [-0.05, 0) is 66.2 Å². The van der Waals surface area contributed by atoms with Crippen molar-refractivity contribution in [3.05, 3.63) is 84.2 Å². The van der Waals surface area contributed by atoms with Gasteiger partial charge in [-0.3, -0.25) is 9.59 Å². The molecule has 2 N–H and O–H groups in total. The van der Waals surface area contributed by atoms with Crippen LogP contribution in [0.3, 0.4) is 0 Å². The molecule has 1 atom stereocenters. The van der Waals surface area contributed by atoms with Crippen LogP contribution in [-0.4, -0.2) is 37.3 Å². The van der Waals surface area contributed by atoms with Crippen LogP contribution in [0.4, 0.5) is 10.1 Å². The fourth-order valence-electron chi connectivity index (χ4n) is 2.92. The Morgan fingerprint density at radius 2 is 1.76 bits per heavy atom. The van der Waals surface area contributed by atoms with Crippen molar-refractivity contribution < 1.29 is 28.2 Å². The summed E-state index contributed by atoms with van der Waals surface area (Å²) in [4.78, 5) is 24.2. The molecule has 3 aromatic carbocycles. The van der Waals surface area contributed by atoms with Crippen LogP contribution in [0.25, 0.3) is 0 Å². The van der Waals surface area contributed by atoms with Gasteiger partial charge in [0.2, 0.25) is 6.10 Å². The zero-order valence-electron chi connectivity index (χ0n) is 17.4. The molecule has 0 bridgehead atoms. The van der Waals surface area contributed by atoms with Crippen molar-refractivity contribution in [3.8, 4) is 17.2 Å². The highest BCUT2D eigenvalue weighted by molar-refractivity contribution is 5.91. The quantitative estimate of drug-likeness (QED) is 0.427. The highest BCUT2D eigenvalue weighted by atomic mass is 19.1. The minimum Gasteiger partial charge on any atom is -0.485 e. The van der Waals surface area contributed by atoms with Crippen molar-refractivity contribution in [3.63, 3.8) is 0 Å². The summed E-state index contributed by atoms with van der Waals surface area (Å²) in [6.45, 7) is -0.105. The molecular formula is C24H20FN3O5. The van der Waals surface area contributed by atoms with Crippen LogP contribution >= 0.6 is 0 Å². The average molecular weight is 449 g/mol. The minimum absolute atomic E-state index is 0.0964. The predicted molar refractivity (Wildman–Crippen MR) is 119 cm³/mol. The number of benzene rings is 3. The predicted octanol–water partition coefficient (Wildman–Crippen LogP) is 3.13. The van der Waals surface area contributed by atoms with E-state index >= 15 is 0 Å². The Morgan fingerprint density at radius 3 is 2.52 bits per heavy atom. The zero-order chi connectivity index (χ0) is 23.0. The third-order valence-corrected chi connectivity index (χ3v) is 4.57. The standard InChI is InChI=1S/C24H20FN3O5/c25-17-7-9-18(10-8-17)27-23(29)15-31-19-11-5-16(6-12-19)13-26-28-24(30)22-14-32-20-3-1-2-4-21(20)33-22/h1-13,22H,14-15H2,(H,27,29)(H,28,30)/b26-13-/t22-/m0/s1. The van der Waals surface area contributed by atoms with E-state index < -0.39 is 12.0 Å². The van der Waals surface area contributed by atoms with Gasteiger partial charge in [0.05, 0.1) is 6.21 Å². The molecule has 1 heterocycles. The van der Waals surface area contributed by atoms with Crippen LogP contribution in [0.15, 0.2) is 77.9 Å². The van der Waals surface area contributed by atoms with Crippen LogP contribution in [0, 0.1) is 5.82 Å². The molecule has 0 aliphatic carbocycles. The van der Waals surface area contributed by atoms with E-state index in [2.05, 4.69) is 15.8 Å². The molecule has 3 aromatic rings. The van der Waals surface area contributed by atoms with E-state index in [1.165, 1.54) is 30.5 Å². The first-order valence-corrected chi connectivity index (χ1v) is 10.1. The summed E-state index contributed by atoms with van der Waals surface area (Å²) < 4.78 is 29.5. The third kappa shape index (κ3) is 6.07. The number of hydrogen-bond acceptors (Lipinski definition) is 6. The molecule has 0 fully saturated rings. The van der Waals surface area contributed by atoms with Crippen molar-refractivity contribution in [2.24, 2.45) is 5.10 Å². The van der Waals surface area contributed by atoms with Gasteiger partial charge in [0.1, 0.15) is 18.2 Å². The SMILES string of the molecule is O=C(COc1ccc(/C=N\NC(=O)[C@@H]2COc3ccccc3O2)cc1)Nc1ccc(F)cc1. The minimum atomic E-state index is -0.797. The Balaban J connectivity index is 1.21. The summed E-state index contributed by atoms with van der Waals surface area (Å²) in [5.41, 5.74) is 3.62. The number of hydrazone groups is 1. The topological polar surface area (TPSA) is 98.2 Å². The van der Waals surface area contributed by atoms with Gasteiger partial charge >= 0.3 is 0 Å². The molecule has 1 aliphatic heterocycles. The second-order valence-corrected chi connectivity index (χ2v) is 7.01. The first-order chi connectivity index (χ1) is 16.1. The molecule has 168 valence electrons. The lowest BCUT2D eigenvalue weighted by atomic mass is 10.2. The van der Waals surface area contributed by atoms with Crippen LogP contribution in [0.1, 0.15) is 5.56 Å². The number of nitrogens with zero attached hydrogens (tertiary/aromatic N) is 1. The number of ether oxygens (including phenoxy) is 3. The molecule has 0 aromatic heterocycles. The zero-order valence-corrected chi connectivity index (χ0v) is 17.4. The number of para-hydroxylation sites is 2. The number of carbonyl (C=O) groups is 2. The highest BCUT2D eigenvalue weighted by Gasteiger charge is 2.26. The summed E-state index contributed by atoms with van der Waals surface area (Å²) in [5, 5.41) is 6.55. The van der Waals surface area contributed by atoms with Gasteiger partial charge in [0.25, 0.3) is 11.8 Å². The van der Waals surface area contributed by atoms with Gasteiger partial charge < -0.3 is 19.5 Å². The number of hydrogen-bond donors (Lipinski definition) is 2. The lowest BCUT2D eigenvalue weighted by Crippen LogP contribution is -2.42. The Kier molecular flexibility index (Phi) is 6.79. The monoisotopic (exact) mass is 449 g/mol. The summed E-state index contributed by atoms with van der Waals surface area (Å²) in [6.07, 6.45) is 0.675. The molecule has 0 spiro atoms. The molecule has 0 radical (unpaired) electrons. The van der Waals surface area contributed by atoms with E-state index in [9.17, 15) is 14.0 Å². The fraction of sp³-hybridized carbons (Fsp3) is 0.125. The molecule has 33 heavy (non-hydrogen) atoms. The van der Waals surface area contributed by atoms with Gasteiger partial charge in [-0.1, -0.05) is 12.1 Å². The third-order valence-electron chi connectivity index (χ3n) is 4.57. The molecule has 9 heteroatoms. The van der Waals surface area contributed by atoms with Crippen molar-refractivity contribution in [2.75, 3.05) is 18.5 Å². The van der Waals surface area contributed by atoms with E-state index in [0.717, 1.165) is 0 Å². The molecular weight excluding hydrogens is 429 g/mol. The maximum atomic E-state index is 12.9. The van der Waals surface area contributed by atoms with E-state index in [-0.39, 0.29) is 24.9 Å². The van der Waals surface area contributed by atoms with Gasteiger partial charge in [-0.15, -0.1) is 0 Å². The first-order valence-electron chi connectivity index (χ1n) is 10.1. The number of anilines is 1. The number of fused-ring (bicyclic) bond motifs is 1. The van der Waals surface area contributed by atoms with Gasteiger partial charge in [0, 0.05) is 5.69 Å². The van der Waals surface area contributed by atoms with E-state index in [4.69, 9.17) is 14.2 Å². The van der Waals surface area contributed by atoms with E-state index in [1.54, 1.807) is 42.5 Å². The smallest absolute Gasteiger partial charge is 0.284 e. The van der Waals surface area contributed by atoms with Gasteiger partial charge in [-0.25, -0.2) is 9.82 Å². The number of rotatable bonds is 7. The van der Waals surface area contributed by atoms with Crippen LogP contribution in [-0.2, 0) is 9.59 Å². The molecule has 1 aliphatic rings. The molecule has 0 unspecified atom stereocenters. The number of amides is 2. The second kappa shape index (κ2) is 10.3. The van der Waals surface area contributed by atoms with Gasteiger partial charge in [0.15, 0.2) is 18.1 Å². The maximum absolute atomic E-state index is 12.9. The fourth-order valence-corrected chi connectivity index (χ4v) is 2.92. The Hall–Kier alpha value is -4.40. The molecule has 4 rings (SSSR count). The van der Waals surface area contributed by atoms with Crippen molar-refractivity contribution in [1.29, 1.82) is 0 Å². The Morgan fingerprint density at radius 1 is 1.03 bits per heavy atom. The molecule has 0 saturated carbocycles. The Bertz CT molecular complexity index is 1150. The molecule has 2 amide bonds. The largest absolute Gasteiger partial charge is 0.485 e. The Labute approximate surface area is 189 Å². The molecule has 0 saturated heterocycles. The summed E-state index contributed by atoms with van der Waals surface area (Å²) >= 11 is 0. The highest BCUT2D eigenvalue weighted by Crippen LogP contribution is 2.30. The van der Waals surface area contributed by atoms with Crippen molar-refractivity contribution in [1.82, 2.24) is 5.43 Å². The van der Waals surface area contributed by atoms with Crippen molar-refractivity contribution in [2.45, 2.75) is 6.10 Å². The van der Waals surface area contributed by atoms with Gasteiger partial charge in [-0.2, -0.15) is 5.10 Å². The van der Waals surface area contributed by atoms with Crippen molar-refractivity contribution >= 4 is 23.7 Å². The number of carbonyl (C=O) groups excluding carboxylic acids is 2. The lowest BCUT2D eigenvalue weighted by Gasteiger charge is -2.24. The maximum Gasteiger partial charge on any atom is 0.284 e. The van der Waals surface area contributed by atoms with Crippen LogP contribution in [0.5, 0.6) is 17.2 Å². The summed E-state index contributed by atoms with van der Waals surface area (Å²) in [7, 11) is 0. The number of halogens is 1. The average Bonchev–Trinajstić information content (AvgIpc) is 2.84. The second-order valence-electron chi connectivity index (χ2n) is 7.01. The summed E-state index contributed by atoms with van der Waals surface area (Å²) in [6, 6.07) is 19.4. The van der Waals surface area contributed by atoms with E-state index in [1.807, 2.05) is 6.07 Å². The van der Waals surface area contributed by atoms with E-state index in [0.29, 0.717) is 28.5 Å². The van der Waals surface area contributed by atoms with Crippen LogP contribution in [0.2, 0.25) is 0 Å². The lowest BCUT2D eigenvalue weighted by molar-refractivity contribution is -0.130. The first kappa shape index (κ1) is 21.8. The summed E-state index contributed by atoms with van der Waals surface area (Å²) in [5.74, 6) is 0.417. The number of nitrogens with one attached hydrogen (secondary N) is 2. The van der Waals surface area contributed by atoms with Crippen LogP contribution < -0.4 is 25.0 Å².